The van der Waals surface area contributed by atoms with Gasteiger partial charge in [-0.05, 0) is 35.8 Å². The summed E-state index contributed by atoms with van der Waals surface area (Å²) in [4.78, 5) is 0. The highest BCUT2D eigenvalue weighted by Gasteiger charge is 2.08. The van der Waals surface area contributed by atoms with Crippen molar-refractivity contribution < 1.29 is 0 Å². The third kappa shape index (κ3) is 1.92. The average molecular weight is 231 g/mol. The van der Waals surface area contributed by atoms with E-state index in [1.54, 1.807) is 0 Å². The molecule has 0 saturated carbocycles. The molecule has 16 heavy (non-hydrogen) atoms. The lowest BCUT2D eigenvalue weighted by atomic mass is 10.1. The van der Waals surface area contributed by atoms with Gasteiger partial charge in [0.05, 0.1) is 5.69 Å². The van der Waals surface area contributed by atoms with Crippen LogP contribution in [0.4, 0.5) is 0 Å². The van der Waals surface area contributed by atoms with Gasteiger partial charge in [0.2, 0.25) is 0 Å². The summed E-state index contributed by atoms with van der Waals surface area (Å²) in [5.74, 6) is 0. The SMILES string of the molecule is CCc1ccn(-c2ccccc2P)c1CC. The van der Waals surface area contributed by atoms with E-state index in [-0.39, 0.29) is 0 Å². The zero-order valence-corrected chi connectivity index (χ0v) is 11.1. The zero-order chi connectivity index (χ0) is 11.5. The third-order valence-electron chi connectivity index (χ3n) is 3.00. The Morgan fingerprint density at radius 1 is 1.06 bits per heavy atom. The van der Waals surface area contributed by atoms with Gasteiger partial charge in [-0.3, -0.25) is 0 Å². The van der Waals surface area contributed by atoms with E-state index >= 15 is 0 Å². The van der Waals surface area contributed by atoms with Crippen molar-refractivity contribution >= 4 is 14.5 Å². The molecule has 0 aliphatic carbocycles. The van der Waals surface area contributed by atoms with Crippen molar-refractivity contribution in [1.29, 1.82) is 0 Å². The molecule has 0 N–H and O–H groups in total. The van der Waals surface area contributed by atoms with Gasteiger partial charge in [0.25, 0.3) is 0 Å². The highest BCUT2D eigenvalue weighted by atomic mass is 31.0. The third-order valence-corrected chi connectivity index (χ3v) is 3.49. The molecule has 0 aliphatic heterocycles. The van der Waals surface area contributed by atoms with E-state index in [9.17, 15) is 0 Å². The van der Waals surface area contributed by atoms with Crippen LogP contribution in [0.5, 0.6) is 0 Å². The van der Waals surface area contributed by atoms with E-state index < -0.39 is 0 Å². The van der Waals surface area contributed by atoms with E-state index in [4.69, 9.17) is 0 Å². The van der Waals surface area contributed by atoms with E-state index in [1.807, 2.05) is 0 Å². The summed E-state index contributed by atoms with van der Waals surface area (Å²) < 4.78 is 2.31. The second kappa shape index (κ2) is 4.84. The maximum atomic E-state index is 2.81. The first-order valence-electron chi connectivity index (χ1n) is 5.81. The van der Waals surface area contributed by atoms with Crippen LogP contribution >= 0.6 is 9.24 Å². The second-order valence-electron chi connectivity index (χ2n) is 3.92. The zero-order valence-electron chi connectivity index (χ0n) is 9.90. The Balaban J connectivity index is 2.56. The summed E-state index contributed by atoms with van der Waals surface area (Å²) >= 11 is 0. The van der Waals surface area contributed by atoms with Gasteiger partial charge >= 0.3 is 0 Å². The van der Waals surface area contributed by atoms with Crippen molar-refractivity contribution in [2.75, 3.05) is 0 Å². The molecule has 0 radical (unpaired) electrons. The molecule has 1 heterocycles. The second-order valence-corrected chi connectivity index (χ2v) is 4.55. The van der Waals surface area contributed by atoms with Crippen LogP contribution < -0.4 is 5.30 Å². The molecular formula is C14H18NP. The summed E-state index contributed by atoms with van der Waals surface area (Å²) in [5, 5.41) is 1.25. The van der Waals surface area contributed by atoms with E-state index in [0.29, 0.717) is 0 Å². The van der Waals surface area contributed by atoms with Gasteiger partial charge in [-0.25, -0.2) is 0 Å². The topological polar surface area (TPSA) is 4.93 Å². The van der Waals surface area contributed by atoms with Crippen LogP contribution in [-0.2, 0) is 12.8 Å². The number of nitrogens with zero attached hydrogens (tertiary/aromatic N) is 1. The Kier molecular flexibility index (Phi) is 3.46. The Bertz CT molecular complexity index is 485. The van der Waals surface area contributed by atoms with Gasteiger partial charge < -0.3 is 4.57 Å². The molecule has 0 spiro atoms. The maximum absolute atomic E-state index is 2.81. The van der Waals surface area contributed by atoms with Gasteiger partial charge in [0.1, 0.15) is 0 Å². The number of aryl methyl sites for hydroxylation is 1. The minimum Gasteiger partial charge on any atom is -0.320 e. The first-order chi connectivity index (χ1) is 7.77. The summed E-state index contributed by atoms with van der Waals surface area (Å²) in [6.45, 7) is 4.43. The molecule has 1 nitrogen and oxygen atoms in total. The largest absolute Gasteiger partial charge is 0.320 e. The van der Waals surface area contributed by atoms with E-state index in [2.05, 4.69) is 64.2 Å². The van der Waals surface area contributed by atoms with Crippen molar-refractivity contribution in [1.82, 2.24) is 4.57 Å². The number of hydrogen-bond acceptors (Lipinski definition) is 0. The van der Waals surface area contributed by atoms with Crippen molar-refractivity contribution in [3.63, 3.8) is 0 Å². The molecule has 84 valence electrons. The molecule has 0 saturated heterocycles. The fraction of sp³-hybridized carbons (Fsp3) is 0.286. The lowest BCUT2D eigenvalue weighted by Crippen LogP contribution is -2.07. The molecule has 1 unspecified atom stereocenters. The predicted octanol–water partition coefficient (Wildman–Crippen LogP) is 3.10. The van der Waals surface area contributed by atoms with E-state index in [1.165, 1.54) is 22.2 Å². The van der Waals surface area contributed by atoms with E-state index in [0.717, 1.165) is 12.8 Å². The first kappa shape index (κ1) is 11.4. The maximum Gasteiger partial charge on any atom is 0.0523 e. The van der Waals surface area contributed by atoms with Gasteiger partial charge in [0, 0.05) is 11.9 Å². The number of para-hydroxylation sites is 1. The molecule has 0 aliphatic rings. The Hall–Kier alpha value is -1.07. The molecular weight excluding hydrogens is 213 g/mol. The van der Waals surface area contributed by atoms with Crippen LogP contribution in [-0.4, -0.2) is 4.57 Å². The molecule has 1 aromatic heterocycles. The minimum absolute atomic E-state index is 1.08. The summed E-state index contributed by atoms with van der Waals surface area (Å²) in [6, 6.07) is 10.7. The predicted molar refractivity (Wildman–Crippen MR) is 73.9 cm³/mol. The van der Waals surface area contributed by atoms with Crippen molar-refractivity contribution in [2.24, 2.45) is 0 Å². The smallest absolute Gasteiger partial charge is 0.0523 e. The molecule has 0 amide bonds. The molecule has 2 aromatic rings. The number of aromatic nitrogens is 1. The minimum atomic E-state index is 1.08. The molecule has 0 fully saturated rings. The van der Waals surface area contributed by atoms with Crippen LogP contribution in [0.3, 0.4) is 0 Å². The standard InChI is InChI=1S/C14H18NP/c1-3-11-9-10-15(12(11)4-2)13-7-5-6-8-14(13)16/h5-10H,3-4,16H2,1-2H3. The summed E-state index contributed by atoms with van der Waals surface area (Å²) in [6.07, 6.45) is 4.37. The van der Waals surface area contributed by atoms with Crippen molar-refractivity contribution in [3.8, 4) is 5.69 Å². The molecule has 2 heteroatoms. The van der Waals surface area contributed by atoms with Crippen molar-refractivity contribution in [2.45, 2.75) is 26.7 Å². The van der Waals surface area contributed by atoms with Crippen molar-refractivity contribution in [3.05, 3.63) is 47.8 Å². The van der Waals surface area contributed by atoms with Crippen LogP contribution in [0.15, 0.2) is 36.5 Å². The summed E-state index contributed by atoms with van der Waals surface area (Å²) in [5.41, 5.74) is 4.15. The molecule has 1 aromatic carbocycles. The fourth-order valence-corrected chi connectivity index (χ4v) is 2.50. The van der Waals surface area contributed by atoms with Gasteiger partial charge in [0.15, 0.2) is 0 Å². The number of rotatable bonds is 3. The number of hydrogen-bond donors (Lipinski definition) is 0. The lowest BCUT2D eigenvalue weighted by molar-refractivity contribution is 0.913. The quantitative estimate of drug-likeness (QED) is 0.715. The normalized spacial score (nSPS) is 10.7. The van der Waals surface area contributed by atoms with Gasteiger partial charge in [-0.2, -0.15) is 0 Å². The molecule has 2 rings (SSSR count). The Morgan fingerprint density at radius 3 is 2.44 bits per heavy atom. The Labute approximate surface area is 99.7 Å². The molecule has 0 bridgehead atoms. The fourth-order valence-electron chi connectivity index (χ4n) is 2.16. The average Bonchev–Trinajstić information content (AvgIpc) is 2.72. The highest BCUT2D eigenvalue weighted by molar-refractivity contribution is 7.27. The van der Waals surface area contributed by atoms with Gasteiger partial charge in [-0.15, -0.1) is 9.24 Å². The number of benzene rings is 1. The highest BCUT2D eigenvalue weighted by Crippen LogP contribution is 2.18. The van der Waals surface area contributed by atoms with Crippen LogP contribution in [0.2, 0.25) is 0 Å². The van der Waals surface area contributed by atoms with Crippen LogP contribution in [0, 0.1) is 0 Å². The monoisotopic (exact) mass is 231 g/mol. The Morgan fingerprint density at radius 2 is 1.81 bits per heavy atom. The van der Waals surface area contributed by atoms with Crippen LogP contribution in [0.1, 0.15) is 25.1 Å². The first-order valence-corrected chi connectivity index (χ1v) is 6.39. The van der Waals surface area contributed by atoms with Gasteiger partial charge in [-0.1, -0.05) is 32.0 Å². The van der Waals surface area contributed by atoms with Crippen LogP contribution in [0.25, 0.3) is 5.69 Å². The summed E-state index contributed by atoms with van der Waals surface area (Å²) in [7, 11) is 2.81. The lowest BCUT2D eigenvalue weighted by Gasteiger charge is -2.11. The molecule has 1 atom stereocenters.